The molecule has 0 heterocycles. The number of aliphatic hydroxyl groups is 1. The summed E-state index contributed by atoms with van der Waals surface area (Å²) in [6.07, 6.45) is -1.90. The highest BCUT2D eigenvalue weighted by molar-refractivity contribution is 5.82. The van der Waals surface area contributed by atoms with E-state index < -0.39 is 30.2 Å². The van der Waals surface area contributed by atoms with Gasteiger partial charge in [0.15, 0.2) is 0 Å². The largest absolute Gasteiger partial charge is 0.599 e. The number of hydrogen-bond acceptors (Lipinski definition) is 8. The fourth-order valence-corrected chi connectivity index (χ4v) is 4.14. The van der Waals surface area contributed by atoms with E-state index in [1.54, 1.807) is 0 Å². The van der Waals surface area contributed by atoms with E-state index in [0.717, 1.165) is 22.3 Å². The van der Waals surface area contributed by atoms with Crippen molar-refractivity contribution in [2.45, 2.75) is 44.4 Å². The molecule has 0 amide bonds. The molecule has 3 rings (SSSR count). The van der Waals surface area contributed by atoms with Crippen molar-refractivity contribution in [1.29, 1.82) is 0 Å². The van der Waals surface area contributed by atoms with Gasteiger partial charge in [0.05, 0.1) is 31.7 Å². The Bertz CT molecular complexity index is 974. The molecule has 1 unspecified atom stereocenters. The molecule has 0 bridgehead atoms. The Balaban J connectivity index is 1.71. The average Bonchev–Trinajstić information content (AvgIpc) is 3.11. The van der Waals surface area contributed by atoms with Gasteiger partial charge >= 0.3 is 5.97 Å². The van der Waals surface area contributed by atoms with E-state index in [0.29, 0.717) is 0 Å². The number of esters is 1. The zero-order chi connectivity index (χ0) is 24.0. The summed E-state index contributed by atoms with van der Waals surface area (Å²) in [7, 11) is 1.24. The Hall–Kier alpha value is -3.23. The van der Waals surface area contributed by atoms with E-state index in [4.69, 9.17) is 4.74 Å². The molecular weight excluding hydrogens is 424 g/mol. The zero-order valence-electron chi connectivity index (χ0n) is 19.0. The van der Waals surface area contributed by atoms with Crippen molar-refractivity contribution in [1.82, 2.24) is 5.32 Å². The van der Waals surface area contributed by atoms with Crippen molar-refractivity contribution in [3.8, 4) is 11.1 Å². The van der Waals surface area contributed by atoms with Crippen LogP contribution in [0.3, 0.4) is 0 Å². The van der Waals surface area contributed by atoms with Crippen LogP contribution in [0.15, 0.2) is 53.5 Å². The number of rotatable bonds is 10. The molecule has 2 N–H and O–H groups in total. The van der Waals surface area contributed by atoms with E-state index in [1.807, 2.05) is 48.5 Å². The second-order valence-corrected chi connectivity index (χ2v) is 8.10. The minimum atomic E-state index is -0.935. The first-order valence-electron chi connectivity index (χ1n) is 10.9. The molecule has 1 aliphatic rings. The molecule has 8 nitrogen and oxygen atoms in total. The van der Waals surface area contributed by atoms with E-state index in [1.165, 1.54) is 21.0 Å². The fraction of sp³-hybridized carbons (Fsp3) is 0.400. The number of aliphatic imine (C=N–C) groups is 1. The smallest absolute Gasteiger partial charge is 0.307 e. The van der Waals surface area contributed by atoms with E-state index in [-0.39, 0.29) is 31.3 Å². The number of carbonyl (C=O) groups excluding carboxylic acids is 2. The van der Waals surface area contributed by atoms with Crippen molar-refractivity contribution in [2.24, 2.45) is 4.99 Å². The molecule has 1 aliphatic carbocycles. The summed E-state index contributed by atoms with van der Waals surface area (Å²) in [6.45, 7) is 2.96. The highest BCUT2D eigenvalue weighted by atomic mass is 16.6. The normalized spacial score (nSPS) is 15.8. The first-order valence-corrected chi connectivity index (χ1v) is 10.9. The van der Waals surface area contributed by atoms with E-state index >= 15 is 0 Å². The number of nitrogens with zero attached hydrogens (tertiary/aromatic N) is 1. The van der Waals surface area contributed by atoms with Crippen molar-refractivity contribution in [3.63, 3.8) is 0 Å². The van der Waals surface area contributed by atoms with Crippen LogP contribution in [0.5, 0.6) is 0 Å². The summed E-state index contributed by atoms with van der Waals surface area (Å²) >= 11 is 0. The van der Waals surface area contributed by atoms with Crippen molar-refractivity contribution in [3.05, 3.63) is 59.7 Å². The summed E-state index contributed by atoms with van der Waals surface area (Å²) in [5.41, 5.74) is 4.40. The first-order chi connectivity index (χ1) is 15.8. The van der Waals surface area contributed by atoms with Gasteiger partial charge in [-0.2, -0.15) is 0 Å². The summed E-state index contributed by atoms with van der Waals surface area (Å²) in [5.74, 6) is -0.914. The van der Waals surface area contributed by atoms with Gasteiger partial charge in [0.25, 0.3) is 0 Å². The standard InChI is InChI=1S/C25H30N2O6/c1-15(28)24(16(2)29)26-13-17(12-23(30)32-3)27-25(31)33-14-22-20-10-6-4-8-18(20)19-9-5-7-11-21(19)22/h4-11,15,17,22,24,26,28H,12-14H2,1-3H3,(H,27,31)/p-1/t15?,17-,24-/m0/s1. The van der Waals surface area contributed by atoms with Gasteiger partial charge in [-0.1, -0.05) is 48.5 Å². The second kappa shape index (κ2) is 11.1. The molecule has 3 atom stereocenters. The quantitative estimate of drug-likeness (QED) is 0.317. The molecule has 176 valence electrons. The minimum Gasteiger partial charge on any atom is -0.599 e. The summed E-state index contributed by atoms with van der Waals surface area (Å²) in [5, 5.41) is 25.2. The number of aliphatic hydroxyl groups excluding tert-OH is 1. The molecule has 0 aromatic heterocycles. The summed E-state index contributed by atoms with van der Waals surface area (Å²) in [6, 6.07) is 14.4. The van der Waals surface area contributed by atoms with Gasteiger partial charge in [0, 0.05) is 19.1 Å². The van der Waals surface area contributed by atoms with Crippen LogP contribution in [-0.2, 0) is 19.1 Å². The topological polar surface area (TPSA) is 120 Å². The Labute approximate surface area is 193 Å². The maximum atomic E-state index is 12.5. The molecule has 0 saturated carbocycles. The lowest BCUT2D eigenvalue weighted by Crippen LogP contribution is -2.47. The summed E-state index contributed by atoms with van der Waals surface area (Å²) < 4.78 is 10.2. The Morgan fingerprint density at radius 2 is 1.70 bits per heavy atom. The van der Waals surface area contributed by atoms with E-state index in [9.17, 15) is 19.8 Å². The third-order valence-electron chi connectivity index (χ3n) is 5.75. The lowest BCUT2D eigenvalue weighted by atomic mass is 9.98. The van der Waals surface area contributed by atoms with Gasteiger partial charge < -0.3 is 25.0 Å². The van der Waals surface area contributed by atoms with Crippen LogP contribution in [-0.4, -0.2) is 61.4 Å². The predicted molar refractivity (Wildman–Crippen MR) is 122 cm³/mol. The van der Waals surface area contributed by atoms with E-state index in [2.05, 4.69) is 15.0 Å². The number of Topliss-reactive ketones (excluding diaryl/α,β-unsaturated/α-hetero) is 1. The lowest BCUT2D eigenvalue weighted by molar-refractivity contribution is -0.251. The maximum absolute atomic E-state index is 12.5. The predicted octanol–water partition coefficient (Wildman–Crippen LogP) is 1.39. The van der Waals surface area contributed by atoms with Crippen LogP contribution < -0.4 is 10.4 Å². The van der Waals surface area contributed by atoms with Gasteiger partial charge in [0.1, 0.15) is 11.9 Å². The second-order valence-electron chi connectivity index (χ2n) is 8.10. The van der Waals surface area contributed by atoms with Crippen LogP contribution in [0, 0.1) is 0 Å². The lowest BCUT2D eigenvalue weighted by Gasteiger charge is -2.24. The van der Waals surface area contributed by atoms with Gasteiger partial charge in [-0.05, 0) is 36.1 Å². The van der Waals surface area contributed by atoms with Crippen LogP contribution in [0.25, 0.3) is 11.1 Å². The number of ketones is 1. The van der Waals surface area contributed by atoms with Gasteiger partial charge in [-0.3, -0.25) is 14.6 Å². The molecule has 0 saturated heterocycles. The Morgan fingerprint density at radius 3 is 2.21 bits per heavy atom. The average molecular weight is 454 g/mol. The Morgan fingerprint density at radius 1 is 1.12 bits per heavy atom. The van der Waals surface area contributed by atoms with Crippen LogP contribution in [0.2, 0.25) is 0 Å². The summed E-state index contributed by atoms with van der Waals surface area (Å²) in [4.78, 5) is 27.5. The molecule has 0 radical (unpaired) electrons. The molecule has 0 spiro atoms. The zero-order valence-corrected chi connectivity index (χ0v) is 19.0. The third kappa shape index (κ3) is 5.97. The van der Waals surface area contributed by atoms with Crippen molar-refractivity contribution in [2.75, 3.05) is 20.3 Å². The minimum absolute atomic E-state index is 0.0223. The monoisotopic (exact) mass is 453 g/mol. The Kier molecular flexibility index (Phi) is 8.19. The highest BCUT2D eigenvalue weighted by Crippen LogP contribution is 2.44. The first kappa shape index (κ1) is 24.4. The van der Waals surface area contributed by atoms with Crippen LogP contribution in [0.4, 0.5) is 0 Å². The molecule has 33 heavy (non-hydrogen) atoms. The molecule has 0 aliphatic heterocycles. The number of ether oxygens (including phenoxy) is 2. The van der Waals surface area contributed by atoms with Crippen molar-refractivity contribution < 1.29 is 29.3 Å². The van der Waals surface area contributed by atoms with Crippen LogP contribution >= 0.6 is 0 Å². The number of benzene rings is 2. The molecule has 2 aromatic carbocycles. The maximum Gasteiger partial charge on any atom is 0.307 e. The van der Waals surface area contributed by atoms with Gasteiger partial charge in [0.2, 0.25) is 0 Å². The number of nitrogens with one attached hydrogen (secondary N) is 1. The molecule has 0 fully saturated rings. The number of fused-ring (bicyclic) bond motifs is 3. The third-order valence-corrected chi connectivity index (χ3v) is 5.75. The fourth-order valence-electron chi connectivity index (χ4n) is 4.14. The van der Waals surface area contributed by atoms with Crippen molar-refractivity contribution >= 4 is 17.8 Å². The number of hydrogen-bond donors (Lipinski definition) is 2. The van der Waals surface area contributed by atoms with Crippen LogP contribution in [0.1, 0.15) is 37.3 Å². The highest BCUT2D eigenvalue weighted by Gasteiger charge is 2.27. The SMILES string of the molecule is COC(=O)C[C@@H](CN[C@H](C(C)=O)C(C)O)N=C([O-])OCC1c2ccccc2-c2ccccc21. The molecule has 2 aromatic rings. The number of methoxy groups -OCH3 is 1. The molecular formula is C25H29N2O6-. The number of carbonyl (C=O) groups is 2. The van der Waals surface area contributed by atoms with Gasteiger partial charge in [-0.15, -0.1) is 0 Å². The van der Waals surface area contributed by atoms with Gasteiger partial charge in [-0.25, -0.2) is 0 Å². The molecule has 8 heteroatoms.